The van der Waals surface area contributed by atoms with Crippen LogP contribution in [-0.4, -0.2) is 11.6 Å². The monoisotopic (exact) mass is 1030 g/mol. The van der Waals surface area contributed by atoms with Gasteiger partial charge in [0.05, 0.1) is 10.8 Å². The minimum absolute atomic E-state index is 0.107. The maximum Gasteiger partial charge on any atom is 0.194 e. The Morgan fingerprint density at radius 3 is 0.863 bits per heavy atom. The molecule has 0 heterocycles. The highest BCUT2D eigenvalue weighted by Crippen LogP contribution is 2.65. The van der Waals surface area contributed by atoms with E-state index in [2.05, 4.69) is 244 Å². The number of fused-ring (bicyclic) bond motifs is 14. The van der Waals surface area contributed by atoms with Crippen molar-refractivity contribution in [3.05, 3.63) is 334 Å². The summed E-state index contributed by atoms with van der Waals surface area (Å²) in [5, 5.41) is 4.62. The molecule has 0 unspecified atom stereocenters. The molecular weight excluding hydrogens is 969 g/mol. The zero-order chi connectivity index (χ0) is 54.0. The predicted molar refractivity (Wildman–Crippen MR) is 330 cm³/mol. The van der Waals surface area contributed by atoms with E-state index in [9.17, 15) is 9.59 Å². The Labute approximate surface area is 468 Å². The van der Waals surface area contributed by atoms with Crippen LogP contribution in [0.25, 0.3) is 66.1 Å². The van der Waals surface area contributed by atoms with Crippen molar-refractivity contribution in [1.29, 1.82) is 0 Å². The number of ketones is 2. The van der Waals surface area contributed by atoms with Crippen LogP contribution in [0.3, 0.4) is 0 Å². The molecule has 0 saturated heterocycles. The Balaban J connectivity index is 0.000000131. The number of hydrogen-bond donors (Lipinski definition) is 0. The van der Waals surface area contributed by atoms with Crippen molar-refractivity contribution in [2.75, 3.05) is 0 Å². The minimum Gasteiger partial charge on any atom is -0.289 e. The summed E-state index contributed by atoms with van der Waals surface area (Å²) in [7, 11) is 0. The number of carbonyl (C=O) groups excluding carboxylic acids is 2. The molecule has 0 bridgehead atoms. The lowest BCUT2D eigenvalue weighted by Gasteiger charge is -2.40. The normalized spacial score (nSPS) is 16.2. The third kappa shape index (κ3) is 6.98. The molecule has 2 nitrogen and oxygen atoms in total. The molecule has 0 fully saturated rings. The lowest BCUT2D eigenvalue weighted by atomic mass is 9.60. The Bertz CT molecular complexity index is 4120. The summed E-state index contributed by atoms with van der Waals surface area (Å²) >= 11 is 0. The smallest absolute Gasteiger partial charge is 0.194 e. The fraction of sp³-hybridized carbons (Fsp3) is 0.103. The molecule has 80 heavy (non-hydrogen) atoms. The van der Waals surface area contributed by atoms with Crippen molar-refractivity contribution < 1.29 is 9.59 Å². The summed E-state index contributed by atoms with van der Waals surface area (Å²) in [4.78, 5) is 29.2. The molecule has 0 aliphatic heterocycles. The van der Waals surface area contributed by atoms with Crippen LogP contribution >= 0.6 is 0 Å². The molecule has 0 amide bonds. The highest BCUT2D eigenvalue weighted by molar-refractivity contribution is 6.27. The molecule has 382 valence electrons. The molecule has 2 heteroatoms. The van der Waals surface area contributed by atoms with Crippen molar-refractivity contribution in [3.8, 4) is 44.5 Å². The lowest BCUT2D eigenvalue weighted by molar-refractivity contribution is 0.102. The second-order valence-electron chi connectivity index (χ2n) is 21.6. The van der Waals surface area contributed by atoms with E-state index < -0.39 is 10.8 Å². The molecule has 12 aromatic rings. The molecule has 0 aromatic heterocycles. The molecule has 4 aliphatic carbocycles. The van der Waals surface area contributed by atoms with Gasteiger partial charge in [0.25, 0.3) is 0 Å². The van der Waals surface area contributed by atoms with Crippen LogP contribution in [0.4, 0.5) is 0 Å². The standard InChI is InChI=1S/2C36H22O.C6H14/c2*37-35-28-20-10-12-22-30(28)36(24-15-5-2-6-16-24)29-21-11-9-19-27(29)32-26-18-8-7-17-25(26)31(33(35)34(32)36)23-13-3-1-4-14-23;1-3-5-6-4-2/h2*1-22H;3-6H2,1-2H3/t2*36-;/m10./s1. The quantitative estimate of drug-likeness (QED) is 0.149. The highest BCUT2D eigenvalue weighted by Gasteiger charge is 2.55. The van der Waals surface area contributed by atoms with Crippen LogP contribution in [0, 0.1) is 0 Å². The van der Waals surface area contributed by atoms with Gasteiger partial charge in [0.2, 0.25) is 0 Å². The second-order valence-corrected chi connectivity index (χ2v) is 21.6. The van der Waals surface area contributed by atoms with Crippen molar-refractivity contribution >= 4 is 33.1 Å². The summed E-state index contributed by atoms with van der Waals surface area (Å²) in [6, 6.07) is 93.4. The first-order valence-corrected chi connectivity index (χ1v) is 28.4. The van der Waals surface area contributed by atoms with E-state index in [4.69, 9.17) is 0 Å². The number of unbranched alkanes of at least 4 members (excludes halogenated alkanes) is 3. The maximum absolute atomic E-state index is 14.6. The first-order chi connectivity index (χ1) is 39.5. The van der Waals surface area contributed by atoms with E-state index >= 15 is 0 Å². The highest BCUT2D eigenvalue weighted by atomic mass is 16.1. The van der Waals surface area contributed by atoms with Gasteiger partial charge in [-0.1, -0.05) is 306 Å². The molecule has 2 atom stereocenters. The van der Waals surface area contributed by atoms with Crippen LogP contribution < -0.4 is 0 Å². The van der Waals surface area contributed by atoms with Gasteiger partial charge >= 0.3 is 0 Å². The molecule has 12 aromatic carbocycles. The van der Waals surface area contributed by atoms with Gasteiger partial charge in [-0.2, -0.15) is 0 Å². The Hall–Kier alpha value is -9.50. The summed E-state index contributed by atoms with van der Waals surface area (Å²) < 4.78 is 0. The number of rotatable bonds is 7. The Morgan fingerprint density at radius 2 is 0.525 bits per heavy atom. The first kappa shape index (κ1) is 48.8. The fourth-order valence-electron chi connectivity index (χ4n) is 14.4. The predicted octanol–water partition coefficient (Wildman–Crippen LogP) is 19.4. The van der Waals surface area contributed by atoms with Crippen LogP contribution in [0.5, 0.6) is 0 Å². The molecule has 0 radical (unpaired) electrons. The summed E-state index contributed by atoms with van der Waals surface area (Å²) in [6.07, 6.45) is 5.54. The summed E-state index contributed by atoms with van der Waals surface area (Å²) in [5.74, 6) is 0.214. The lowest BCUT2D eigenvalue weighted by Crippen LogP contribution is -2.36. The van der Waals surface area contributed by atoms with Crippen molar-refractivity contribution in [2.24, 2.45) is 0 Å². The zero-order valence-corrected chi connectivity index (χ0v) is 45.0. The third-order valence-corrected chi connectivity index (χ3v) is 17.5. The minimum atomic E-state index is -0.569. The summed E-state index contributed by atoms with van der Waals surface area (Å²) in [6.45, 7) is 4.46. The van der Waals surface area contributed by atoms with Crippen molar-refractivity contribution in [3.63, 3.8) is 0 Å². The van der Waals surface area contributed by atoms with Crippen LogP contribution in [-0.2, 0) is 10.8 Å². The van der Waals surface area contributed by atoms with Crippen LogP contribution in [0.15, 0.2) is 267 Å². The third-order valence-electron chi connectivity index (χ3n) is 17.5. The zero-order valence-electron chi connectivity index (χ0n) is 45.0. The van der Waals surface area contributed by atoms with Gasteiger partial charge in [-0.15, -0.1) is 0 Å². The number of carbonyl (C=O) groups is 2. The van der Waals surface area contributed by atoms with Gasteiger partial charge in [-0.05, 0) is 99.4 Å². The summed E-state index contributed by atoms with van der Waals surface area (Å²) in [5.41, 5.74) is 20.4. The van der Waals surface area contributed by atoms with E-state index in [0.717, 1.165) is 77.5 Å². The van der Waals surface area contributed by atoms with Crippen LogP contribution in [0.2, 0.25) is 0 Å². The van der Waals surface area contributed by atoms with Gasteiger partial charge in [0, 0.05) is 33.4 Å². The van der Waals surface area contributed by atoms with E-state index in [1.54, 1.807) is 0 Å². The molecule has 0 spiro atoms. The molecule has 16 rings (SSSR count). The maximum atomic E-state index is 14.6. The van der Waals surface area contributed by atoms with E-state index in [1.807, 2.05) is 36.4 Å². The average Bonchev–Trinajstić information content (AvgIpc) is 3.98. The van der Waals surface area contributed by atoms with Crippen molar-refractivity contribution in [1.82, 2.24) is 0 Å². The molecule has 0 saturated carbocycles. The Kier molecular flexibility index (Phi) is 12.1. The molecule has 0 N–H and O–H groups in total. The van der Waals surface area contributed by atoms with Gasteiger partial charge < -0.3 is 0 Å². The first-order valence-electron chi connectivity index (χ1n) is 28.4. The van der Waals surface area contributed by atoms with Gasteiger partial charge in [0.15, 0.2) is 11.6 Å². The topological polar surface area (TPSA) is 34.1 Å². The van der Waals surface area contributed by atoms with Gasteiger partial charge in [0.1, 0.15) is 0 Å². The van der Waals surface area contributed by atoms with Gasteiger partial charge in [-0.3, -0.25) is 9.59 Å². The Morgan fingerprint density at radius 1 is 0.263 bits per heavy atom. The van der Waals surface area contributed by atoms with Crippen LogP contribution in [0.1, 0.15) is 116 Å². The fourth-order valence-corrected chi connectivity index (χ4v) is 14.4. The SMILES string of the molecule is CCCCCC.O=C1c2ccccc2[C@@]2(c3ccccc3)c3ccccc3-c3c2c1c(-c1ccccc1)c1ccccc31.O=C1c2ccccc2[C@]2(c3ccccc3)c3ccccc3-c3c2c1c(-c1ccccc1)c1ccccc31. The number of hydrogen-bond acceptors (Lipinski definition) is 2. The second kappa shape index (κ2) is 19.7. The van der Waals surface area contributed by atoms with E-state index in [0.29, 0.717) is 0 Å². The molecule has 4 aliphatic rings. The largest absolute Gasteiger partial charge is 0.289 e. The van der Waals surface area contributed by atoms with Crippen molar-refractivity contribution in [2.45, 2.75) is 50.4 Å². The number of benzene rings is 12. The average molecular weight is 1030 g/mol. The van der Waals surface area contributed by atoms with E-state index in [1.165, 1.54) is 81.0 Å². The van der Waals surface area contributed by atoms with E-state index in [-0.39, 0.29) is 11.6 Å². The molecular formula is C78H58O2. The van der Waals surface area contributed by atoms with Gasteiger partial charge in [-0.25, -0.2) is 0 Å².